The van der Waals surface area contributed by atoms with Gasteiger partial charge in [0.15, 0.2) is 15.8 Å². The van der Waals surface area contributed by atoms with Crippen molar-refractivity contribution in [3.05, 3.63) is 101 Å². The average Bonchev–Trinajstić information content (AvgIpc) is 3.30. The number of nitrogens with zero attached hydrogens (tertiary/aromatic N) is 2. The number of ether oxygens (including phenoxy) is 2. The van der Waals surface area contributed by atoms with Crippen molar-refractivity contribution >= 4 is 50.2 Å². The van der Waals surface area contributed by atoms with Gasteiger partial charge in [0.25, 0.3) is 0 Å². The van der Waals surface area contributed by atoms with Crippen LogP contribution in [0.25, 0.3) is 27.1 Å². The summed E-state index contributed by atoms with van der Waals surface area (Å²) in [4.78, 5) is 5.19. The molecule has 0 aliphatic carbocycles. The standard InChI is InChI=1S/C29H22N2O2S2/c1-2-32-27-17-20(16-23(18-30)34-29-31-25-12-5-6-13-28(25)35-29)14-15-26(27)33-19-22-10-7-9-21-8-3-4-11-24(21)22/h3-17H,2,19H2,1H3/b23-16+. The zero-order chi connectivity index (χ0) is 24.0. The lowest BCUT2D eigenvalue weighted by molar-refractivity contribution is 0.270. The molecular weight excluding hydrogens is 472 g/mol. The highest BCUT2D eigenvalue weighted by atomic mass is 32.2. The highest BCUT2D eigenvalue weighted by molar-refractivity contribution is 8.05. The smallest absolute Gasteiger partial charge is 0.161 e. The van der Waals surface area contributed by atoms with Gasteiger partial charge in [-0.25, -0.2) is 4.98 Å². The number of thioether (sulfide) groups is 1. The van der Waals surface area contributed by atoms with Crippen LogP contribution in [0.1, 0.15) is 18.1 Å². The third-order valence-electron chi connectivity index (χ3n) is 5.41. The molecule has 1 aromatic heterocycles. The van der Waals surface area contributed by atoms with Crippen LogP contribution in [-0.2, 0) is 6.61 Å². The Labute approximate surface area is 212 Å². The summed E-state index contributed by atoms with van der Waals surface area (Å²) in [7, 11) is 0. The summed E-state index contributed by atoms with van der Waals surface area (Å²) in [6.45, 7) is 2.90. The minimum atomic E-state index is 0.438. The van der Waals surface area contributed by atoms with Crippen LogP contribution in [0.5, 0.6) is 11.5 Å². The van der Waals surface area contributed by atoms with Crippen LogP contribution in [-0.4, -0.2) is 11.6 Å². The maximum absolute atomic E-state index is 9.73. The van der Waals surface area contributed by atoms with E-state index in [0.717, 1.165) is 25.7 Å². The molecule has 4 aromatic carbocycles. The molecule has 4 nitrogen and oxygen atoms in total. The lowest BCUT2D eigenvalue weighted by Gasteiger charge is -2.14. The van der Waals surface area contributed by atoms with E-state index in [1.807, 2.05) is 73.7 Å². The molecule has 0 saturated carbocycles. The molecular formula is C29H22N2O2S2. The maximum Gasteiger partial charge on any atom is 0.161 e. The van der Waals surface area contributed by atoms with Crippen LogP contribution in [0.3, 0.4) is 0 Å². The second-order valence-corrected chi connectivity index (χ2v) is 10.1. The number of fused-ring (bicyclic) bond motifs is 2. The molecule has 0 saturated heterocycles. The Morgan fingerprint density at radius 1 is 0.971 bits per heavy atom. The van der Waals surface area contributed by atoms with Crippen molar-refractivity contribution < 1.29 is 9.47 Å². The van der Waals surface area contributed by atoms with Crippen molar-refractivity contribution in [1.82, 2.24) is 4.98 Å². The van der Waals surface area contributed by atoms with E-state index in [2.05, 4.69) is 35.3 Å². The Bertz CT molecular complexity index is 1530. The second-order valence-electron chi connectivity index (χ2n) is 7.74. The summed E-state index contributed by atoms with van der Waals surface area (Å²) in [6.07, 6.45) is 1.85. The lowest BCUT2D eigenvalue weighted by atomic mass is 10.1. The van der Waals surface area contributed by atoms with E-state index in [1.165, 1.54) is 22.5 Å². The van der Waals surface area contributed by atoms with Gasteiger partial charge in [0.05, 0.1) is 21.7 Å². The van der Waals surface area contributed by atoms with Gasteiger partial charge >= 0.3 is 0 Å². The van der Waals surface area contributed by atoms with Crippen molar-refractivity contribution in [2.45, 2.75) is 17.9 Å². The van der Waals surface area contributed by atoms with E-state index in [4.69, 9.17) is 9.47 Å². The van der Waals surface area contributed by atoms with Gasteiger partial charge in [0, 0.05) is 0 Å². The number of benzene rings is 4. The molecule has 0 aliphatic heterocycles. The molecule has 0 spiro atoms. The second kappa shape index (κ2) is 10.6. The fourth-order valence-corrected chi connectivity index (χ4v) is 5.78. The van der Waals surface area contributed by atoms with Crippen molar-refractivity contribution in [3.8, 4) is 17.6 Å². The molecule has 0 unspecified atom stereocenters. The zero-order valence-electron chi connectivity index (χ0n) is 19.1. The number of hydrogen-bond donors (Lipinski definition) is 0. The van der Waals surface area contributed by atoms with Crippen LogP contribution >= 0.6 is 23.1 Å². The van der Waals surface area contributed by atoms with Crippen LogP contribution in [0.4, 0.5) is 0 Å². The Kier molecular flexibility index (Phi) is 6.99. The highest BCUT2D eigenvalue weighted by Crippen LogP contribution is 2.36. The highest BCUT2D eigenvalue weighted by Gasteiger charge is 2.11. The molecule has 0 radical (unpaired) electrons. The molecule has 0 N–H and O–H groups in total. The quantitative estimate of drug-likeness (QED) is 0.161. The number of hydrogen-bond acceptors (Lipinski definition) is 6. The molecule has 35 heavy (non-hydrogen) atoms. The number of rotatable bonds is 8. The van der Waals surface area contributed by atoms with E-state index >= 15 is 0 Å². The lowest BCUT2D eigenvalue weighted by Crippen LogP contribution is -2.00. The SMILES string of the molecule is CCOc1cc(/C=C(\C#N)Sc2nc3ccccc3s2)ccc1OCc1cccc2ccccc12. The van der Waals surface area contributed by atoms with Crippen molar-refractivity contribution in [2.24, 2.45) is 0 Å². The first-order valence-electron chi connectivity index (χ1n) is 11.2. The van der Waals surface area contributed by atoms with E-state index in [-0.39, 0.29) is 0 Å². The van der Waals surface area contributed by atoms with Gasteiger partial charge in [-0.15, -0.1) is 11.3 Å². The third-order valence-corrected chi connectivity index (χ3v) is 7.44. The van der Waals surface area contributed by atoms with E-state index in [9.17, 15) is 5.26 Å². The van der Waals surface area contributed by atoms with Crippen molar-refractivity contribution in [1.29, 1.82) is 5.26 Å². The van der Waals surface area contributed by atoms with Gasteiger partial charge in [-0.3, -0.25) is 0 Å². The van der Waals surface area contributed by atoms with Crippen molar-refractivity contribution in [3.63, 3.8) is 0 Å². The molecule has 0 amide bonds. The number of thiazole rings is 1. The first-order chi connectivity index (χ1) is 17.2. The van der Waals surface area contributed by atoms with Gasteiger partial charge in [0.1, 0.15) is 12.7 Å². The summed E-state index contributed by atoms with van der Waals surface area (Å²) < 4.78 is 14.0. The maximum atomic E-state index is 9.73. The van der Waals surface area contributed by atoms with Gasteiger partial charge in [-0.05, 0) is 70.9 Å². The summed E-state index contributed by atoms with van der Waals surface area (Å²) in [5.74, 6) is 1.33. The van der Waals surface area contributed by atoms with E-state index in [1.54, 1.807) is 11.3 Å². The van der Waals surface area contributed by atoms with Crippen LogP contribution in [0.2, 0.25) is 0 Å². The summed E-state index contributed by atoms with van der Waals surface area (Å²) >= 11 is 2.96. The summed E-state index contributed by atoms with van der Waals surface area (Å²) in [6, 6.07) is 30.6. The topological polar surface area (TPSA) is 55.1 Å². The zero-order valence-corrected chi connectivity index (χ0v) is 20.7. The number of para-hydroxylation sites is 1. The number of aromatic nitrogens is 1. The molecule has 172 valence electrons. The predicted octanol–water partition coefficient (Wildman–Crippen LogP) is 8.08. The molecule has 0 fully saturated rings. The van der Waals surface area contributed by atoms with Crippen LogP contribution < -0.4 is 9.47 Å². The van der Waals surface area contributed by atoms with Gasteiger partial charge in [0.2, 0.25) is 0 Å². The Hall–Kier alpha value is -3.79. The summed E-state index contributed by atoms with van der Waals surface area (Å²) in [5, 5.41) is 12.1. The largest absolute Gasteiger partial charge is 0.490 e. The molecule has 1 heterocycles. The first-order valence-corrected chi connectivity index (χ1v) is 12.9. The van der Waals surface area contributed by atoms with Gasteiger partial charge < -0.3 is 9.47 Å². The molecule has 0 bridgehead atoms. The van der Waals surface area contributed by atoms with Crippen LogP contribution in [0, 0.1) is 11.3 Å². The molecule has 6 heteroatoms. The molecule has 5 rings (SSSR count). The molecule has 0 aliphatic rings. The molecule has 5 aromatic rings. The fourth-order valence-electron chi connectivity index (χ4n) is 3.80. The third kappa shape index (κ3) is 5.32. The Morgan fingerprint density at radius 2 is 1.80 bits per heavy atom. The average molecular weight is 495 g/mol. The van der Waals surface area contributed by atoms with Gasteiger partial charge in [-0.2, -0.15) is 5.26 Å². The van der Waals surface area contributed by atoms with E-state index < -0.39 is 0 Å². The first kappa shape index (κ1) is 23.0. The molecule has 0 atom stereocenters. The normalized spacial score (nSPS) is 11.5. The number of allylic oxidation sites excluding steroid dienone is 1. The van der Waals surface area contributed by atoms with Crippen LogP contribution in [0.15, 0.2) is 94.2 Å². The Morgan fingerprint density at radius 3 is 2.66 bits per heavy atom. The minimum absolute atomic E-state index is 0.438. The Balaban J connectivity index is 1.36. The predicted molar refractivity (Wildman–Crippen MR) is 145 cm³/mol. The van der Waals surface area contributed by atoms with Gasteiger partial charge in [-0.1, -0.05) is 60.7 Å². The number of nitriles is 1. The summed E-state index contributed by atoms with van der Waals surface area (Å²) in [5.41, 5.74) is 2.94. The van der Waals surface area contributed by atoms with Crippen molar-refractivity contribution in [2.75, 3.05) is 6.61 Å². The fraction of sp³-hybridized carbons (Fsp3) is 0.103. The minimum Gasteiger partial charge on any atom is -0.490 e. The monoisotopic (exact) mass is 494 g/mol. The van der Waals surface area contributed by atoms with E-state index in [0.29, 0.717) is 29.6 Å².